The molecule has 10 heteroatoms. The first-order chi connectivity index (χ1) is 14.5. The molecule has 3 aliphatic rings. The van der Waals surface area contributed by atoms with Gasteiger partial charge in [-0.25, -0.2) is 8.78 Å². The molecule has 1 unspecified atom stereocenters. The number of nitrogens with zero attached hydrogens (tertiary/aromatic N) is 2. The molecule has 3 aliphatic heterocycles. The third-order valence-corrected chi connectivity index (χ3v) is 6.26. The quantitative estimate of drug-likeness (QED) is 0.585. The van der Waals surface area contributed by atoms with Gasteiger partial charge in [0.05, 0.1) is 0 Å². The Balaban J connectivity index is 0.00000272. The van der Waals surface area contributed by atoms with Crippen LogP contribution in [0.5, 0.6) is 0 Å². The minimum atomic E-state index is -0.675. The predicted octanol–water partition coefficient (Wildman–Crippen LogP) is 1.73. The Kier molecular flexibility index (Phi) is 8.07. The second-order valence-corrected chi connectivity index (χ2v) is 8.42. The van der Waals surface area contributed by atoms with Crippen LogP contribution in [0.1, 0.15) is 25.7 Å². The number of carbonyl (C=O) groups excluding carboxylic acids is 2. The summed E-state index contributed by atoms with van der Waals surface area (Å²) in [5.74, 6) is -1.39. The molecular formula is C21H30ClF2N5O2. The number of imide groups is 1. The summed E-state index contributed by atoms with van der Waals surface area (Å²) in [5, 5.41) is 8.45. The third-order valence-electron chi connectivity index (χ3n) is 6.26. The van der Waals surface area contributed by atoms with Crippen LogP contribution < -0.4 is 20.9 Å². The summed E-state index contributed by atoms with van der Waals surface area (Å²) in [6, 6.07) is 1.78. The van der Waals surface area contributed by atoms with Gasteiger partial charge in [0.25, 0.3) is 0 Å². The number of carbonyl (C=O) groups is 2. The maximum Gasteiger partial charge on any atom is 0.249 e. The molecule has 2 amide bonds. The van der Waals surface area contributed by atoms with Gasteiger partial charge in [-0.15, -0.1) is 12.4 Å². The van der Waals surface area contributed by atoms with E-state index in [-0.39, 0.29) is 36.1 Å². The highest BCUT2D eigenvalue weighted by atomic mass is 35.5. The Morgan fingerprint density at radius 3 is 2.26 bits per heavy atom. The zero-order valence-corrected chi connectivity index (χ0v) is 18.3. The second-order valence-electron chi connectivity index (χ2n) is 8.42. The number of nitrogens with one attached hydrogen (secondary N) is 3. The topological polar surface area (TPSA) is 76.7 Å². The Labute approximate surface area is 187 Å². The summed E-state index contributed by atoms with van der Waals surface area (Å²) in [6.45, 7) is 5.94. The van der Waals surface area contributed by atoms with Crippen molar-refractivity contribution in [2.45, 2.75) is 31.7 Å². The first-order valence-electron chi connectivity index (χ1n) is 10.8. The number of hydrogen-bond acceptors (Lipinski definition) is 6. The highest BCUT2D eigenvalue weighted by Gasteiger charge is 2.28. The van der Waals surface area contributed by atoms with Gasteiger partial charge in [-0.1, -0.05) is 0 Å². The van der Waals surface area contributed by atoms with E-state index in [4.69, 9.17) is 0 Å². The van der Waals surface area contributed by atoms with E-state index in [0.717, 1.165) is 32.7 Å². The zero-order valence-electron chi connectivity index (χ0n) is 17.5. The van der Waals surface area contributed by atoms with Gasteiger partial charge >= 0.3 is 0 Å². The lowest BCUT2D eigenvalue weighted by molar-refractivity contribution is -0.133. The summed E-state index contributed by atoms with van der Waals surface area (Å²) < 4.78 is 29.6. The molecule has 0 aliphatic carbocycles. The smallest absolute Gasteiger partial charge is 0.249 e. The van der Waals surface area contributed by atoms with Crippen LogP contribution in [-0.2, 0) is 9.59 Å². The molecule has 0 aromatic heterocycles. The van der Waals surface area contributed by atoms with Crippen LogP contribution in [0.3, 0.4) is 0 Å². The van der Waals surface area contributed by atoms with Crippen LogP contribution >= 0.6 is 12.4 Å². The van der Waals surface area contributed by atoms with Gasteiger partial charge in [0.15, 0.2) is 11.6 Å². The molecule has 0 bridgehead atoms. The second kappa shape index (κ2) is 10.6. The number of amides is 2. The number of halogens is 3. The van der Waals surface area contributed by atoms with Crippen molar-refractivity contribution in [2.75, 3.05) is 56.0 Å². The fraction of sp³-hybridized carbons (Fsp3) is 0.619. The number of piperazine rings is 1. The number of rotatable bonds is 5. The SMILES string of the molecule is Cl.O=C1CCC(Nc2cc(F)c(N3CCN(CC4CCNCC4)CC3)c(F)c2)C(=O)N1. The van der Waals surface area contributed by atoms with E-state index in [2.05, 4.69) is 20.9 Å². The normalized spacial score (nSPS) is 23.3. The van der Waals surface area contributed by atoms with Crippen LogP contribution in [0.4, 0.5) is 20.2 Å². The van der Waals surface area contributed by atoms with E-state index in [9.17, 15) is 18.4 Å². The van der Waals surface area contributed by atoms with Crippen molar-refractivity contribution in [3.8, 4) is 0 Å². The summed E-state index contributed by atoms with van der Waals surface area (Å²) in [5.41, 5.74) is 0.193. The van der Waals surface area contributed by atoms with Crippen molar-refractivity contribution in [1.82, 2.24) is 15.5 Å². The van der Waals surface area contributed by atoms with Gasteiger partial charge in [-0.05, 0) is 50.4 Å². The average molecular weight is 458 g/mol. The molecule has 0 saturated carbocycles. The number of benzene rings is 1. The number of piperidine rings is 2. The highest BCUT2D eigenvalue weighted by molar-refractivity contribution is 6.01. The van der Waals surface area contributed by atoms with Crippen molar-refractivity contribution in [2.24, 2.45) is 5.92 Å². The van der Waals surface area contributed by atoms with E-state index in [1.807, 2.05) is 0 Å². The van der Waals surface area contributed by atoms with Crippen LogP contribution in [-0.4, -0.2) is 68.6 Å². The van der Waals surface area contributed by atoms with E-state index >= 15 is 0 Å². The van der Waals surface area contributed by atoms with Crippen LogP contribution in [0.15, 0.2) is 12.1 Å². The Hall–Kier alpha value is -1.97. The predicted molar refractivity (Wildman–Crippen MR) is 118 cm³/mol. The lowest BCUT2D eigenvalue weighted by atomic mass is 9.97. The van der Waals surface area contributed by atoms with Gasteiger partial charge in [0.1, 0.15) is 11.7 Å². The lowest BCUT2D eigenvalue weighted by Crippen LogP contribution is -2.49. The van der Waals surface area contributed by atoms with Gasteiger partial charge in [0, 0.05) is 44.8 Å². The fourth-order valence-electron chi connectivity index (χ4n) is 4.57. The average Bonchev–Trinajstić information content (AvgIpc) is 2.72. The molecule has 0 radical (unpaired) electrons. The Morgan fingerprint density at radius 2 is 1.65 bits per heavy atom. The molecule has 7 nitrogen and oxygen atoms in total. The molecule has 3 heterocycles. The minimum Gasteiger partial charge on any atom is -0.373 e. The van der Waals surface area contributed by atoms with Gasteiger partial charge < -0.3 is 15.5 Å². The van der Waals surface area contributed by atoms with Crippen molar-refractivity contribution in [1.29, 1.82) is 0 Å². The van der Waals surface area contributed by atoms with Crippen LogP contribution in [0, 0.1) is 17.6 Å². The van der Waals surface area contributed by atoms with Crippen LogP contribution in [0.2, 0.25) is 0 Å². The van der Waals surface area contributed by atoms with Crippen molar-refractivity contribution >= 4 is 35.6 Å². The summed E-state index contributed by atoms with van der Waals surface area (Å²) in [6.07, 6.45) is 2.87. The maximum absolute atomic E-state index is 14.8. The van der Waals surface area contributed by atoms with E-state index in [1.54, 1.807) is 4.90 Å². The molecule has 3 saturated heterocycles. The van der Waals surface area contributed by atoms with E-state index < -0.39 is 23.6 Å². The summed E-state index contributed by atoms with van der Waals surface area (Å²) >= 11 is 0. The molecular weight excluding hydrogens is 428 g/mol. The summed E-state index contributed by atoms with van der Waals surface area (Å²) in [7, 11) is 0. The Morgan fingerprint density at radius 1 is 1.00 bits per heavy atom. The van der Waals surface area contributed by atoms with Crippen molar-refractivity contribution in [3.05, 3.63) is 23.8 Å². The molecule has 4 rings (SSSR count). The lowest BCUT2D eigenvalue weighted by Gasteiger charge is -2.38. The monoisotopic (exact) mass is 457 g/mol. The standard InChI is InChI=1S/C21H29F2N5O2.ClH/c22-16-11-15(25-18-1-2-19(29)26-21(18)30)12-17(23)20(16)28-9-7-27(8-10-28)13-14-3-5-24-6-4-14;/h11-12,14,18,24-25H,1-10,13H2,(H,26,29,30);1H. The van der Waals surface area contributed by atoms with E-state index in [0.29, 0.717) is 25.4 Å². The molecule has 3 fully saturated rings. The molecule has 1 aromatic carbocycles. The minimum absolute atomic E-state index is 0. The molecule has 172 valence electrons. The summed E-state index contributed by atoms with van der Waals surface area (Å²) in [4.78, 5) is 27.3. The zero-order chi connectivity index (χ0) is 21.1. The fourth-order valence-corrected chi connectivity index (χ4v) is 4.57. The first-order valence-corrected chi connectivity index (χ1v) is 10.8. The molecule has 1 aromatic rings. The number of hydrogen-bond donors (Lipinski definition) is 3. The number of anilines is 2. The highest BCUT2D eigenvalue weighted by Crippen LogP contribution is 2.29. The van der Waals surface area contributed by atoms with Crippen molar-refractivity contribution in [3.63, 3.8) is 0 Å². The maximum atomic E-state index is 14.8. The largest absolute Gasteiger partial charge is 0.373 e. The van der Waals surface area contributed by atoms with Gasteiger partial charge in [-0.2, -0.15) is 0 Å². The Bertz CT molecular complexity index is 775. The molecule has 31 heavy (non-hydrogen) atoms. The third kappa shape index (κ3) is 5.84. The molecule has 1 atom stereocenters. The molecule has 3 N–H and O–H groups in total. The first kappa shape index (κ1) is 23.7. The van der Waals surface area contributed by atoms with Gasteiger partial charge in [-0.3, -0.25) is 19.8 Å². The van der Waals surface area contributed by atoms with Crippen LogP contribution in [0.25, 0.3) is 0 Å². The van der Waals surface area contributed by atoms with Gasteiger partial charge in [0.2, 0.25) is 11.8 Å². The van der Waals surface area contributed by atoms with Crippen molar-refractivity contribution < 1.29 is 18.4 Å². The molecule has 0 spiro atoms. The van der Waals surface area contributed by atoms with E-state index in [1.165, 1.54) is 25.0 Å².